The molecule has 1 aliphatic rings. The van der Waals surface area contributed by atoms with Gasteiger partial charge in [0.15, 0.2) is 5.96 Å². The SMILES string of the molecule is CN=C(NCCS(C)(=O)=O)NC1CCN(c2ccc(Br)cc2)C1. The molecule has 128 valence electrons. The Kier molecular flexibility index (Phi) is 6.29. The van der Waals surface area contributed by atoms with Crippen LogP contribution in [0.2, 0.25) is 0 Å². The van der Waals surface area contributed by atoms with Crippen molar-refractivity contribution in [3.63, 3.8) is 0 Å². The summed E-state index contributed by atoms with van der Waals surface area (Å²) in [7, 11) is -1.27. The highest BCUT2D eigenvalue weighted by molar-refractivity contribution is 9.10. The second-order valence-corrected chi connectivity index (χ2v) is 8.86. The molecule has 0 bridgehead atoms. The summed E-state index contributed by atoms with van der Waals surface area (Å²) in [5.41, 5.74) is 1.21. The van der Waals surface area contributed by atoms with E-state index in [1.54, 1.807) is 7.05 Å². The fourth-order valence-electron chi connectivity index (χ4n) is 2.51. The van der Waals surface area contributed by atoms with Crippen molar-refractivity contribution >= 4 is 37.4 Å². The van der Waals surface area contributed by atoms with Crippen LogP contribution in [0.1, 0.15) is 6.42 Å². The van der Waals surface area contributed by atoms with Crippen LogP contribution in [0.3, 0.4) is 0 Å². The van der Waals surface area contributed by atoms with Gasteiger partial charge in [-0.1, -0.05) is 15.9 Å². The molecule has 0 spiro atoms. The predicted molar refractivity (Wildman–Crippen MR) is 99.0 cm³/mol. The van der Waals surface area contributed by atoms with Crippen LogP contribution in [0.25, 0.3) is 0 Å². The highest BCUT2D eigenvalue weighted by Gasteiger charge is 2.23. The van der Waals surface area contributed by atoms with E-state index in [-0.39, 0.29) is 5.75 Å². The zero-order chi connectivity index (χ0) is 16.9. The fraction of sp³-hybridized carbons (Fsp3) is 0.533. The van der Waals surface area contributed by atoms with Crippen molar-refractivity contribution in [1.29, 1.82) is 0 Å². The molecule has 1 saturated heterocycles. The third-order valence-corrected chi connectivity index (χ3v) is 5.18. The number of hydrogen-bond acceptors (Lipinski definition) is 4. The van der Waals surface area contributed by atoms with Crippen molar-refractivity contribution in [2.45, 2.75) is 12.5 Å². The van der Waals surface area contributed by atoms with Gasteiger partial charge >= 0.3 is 0 Å². The third-order valence-electron chi connectivity index (χ3n) is 3.71. The fourth-order valence-corrected chi connectivity index (χ4v) is 3.24. The van der Waals surface area contributed by atoms with Gasteiger partial charge in [-0.05, 0) is 30.7 Å². The summed E-state index contributed by atoms with van der Waals surface area (Å²) in [6, 6.07) is 8.59. The highest BCUT2D eigenvalue weighted by atomic mass is 79.9. The first-order chi connectivity index (χ1) is 10.9. The molecule has 8 heteroatoms. The van der Waals surface area contributed by atoms with E-state index in [0.29, 0.717) is 18.5 Å². The number of rotatable bonds is 5. The summed E-state index contributed by atoms with van der Waals surface area (Å²) in [6.45, 7) is 2.25. The van der Waals surface area contributed by atoms with Gasteiger partial charge in [-0.15, -0.1) is 0 Å². The number of aliphatic imine (C=N–C) groups is 1. The summed E-state index contributed by atoms with van der Waals surface area (Å²) in [6.07, 6.45) is 2.25. The van der Waals surface area contributed by atoms with Gasteiger partial charge in [0.1, 0.15) is 9.84 Å². The zero-order valence-electron chi connectivity index (χ0n) is 13.4. The van der Waals surface area contributed by atoms with E-state index in [2.05, 4.69) is 48.6 Å². The summed E-state index contributed by atoms with van der Waals surface area (Å²) in [5, 5.41) is 6.41. The average molecular weight is 403 g/mol. The predicted octanol–water partition coefficient (Wildman–Crippen LogP) is 1.24. The maximum absolute atomic E-state index is 11.2. The van der Waals surface area contributed by atoms with Gasteiger partial charge in [-0.2, -0.15) is 0 Å². The molecule has 1 aliphatic heterocycles. The van der Waals surface area contributed by atoms with Crippen LogP contribution in [0, 0.1) is 0 Å². The monoisotopic (exact) mass is 402 g/mol. The first-order valence-corrected chi connectivity index (χ1v) is 10.4. The van der Waals surface area contributed by atoms with Crippen LogP contribution in [-0.2, 0) is 9.84 Å². The number of halogens is 1. The molecule has 1 atom stereocenters. The molecule has 1 aromatic rings. The lowest BCUT2D eigenvalue weighted by Crippen LogP contribution is -2.45. The summed E-state index contributed by atoms with van der Waals surface area (Å²) in [4.78, 5) is 6.48. The Balaban J connectivity index is 1.82. The van der Waals surface area contributed by atoms with Crippen LogP contribution in [0.15, 0.2) is 33.7 Å². The number of nitrogens with zero attached hydrogens (tertiary/aromatic N) is 2. The molecular formula is C15H23BrN4O2S. The average Bonchev–Trinajstić information content (AvgIpc) is 2.94. The Morgan fingerprint density at radius 3 is 2.70 bits per heavy atom. The molecule has 1 heterocycles. The van der Waals surface area contributed by atoms with Gasteiger partial charge in [0, 0.05) is 49.1 Å². The maximum atomic E-state index is 11.2. The van der Waals surface area contributed by atoms with Gasteiger partial charge in [-0.3, -0.25) is 4.99 Å². The van der Waals surface area contributed by atoms with E-state index >= 15 is 0 Å². The van der Waals surface area contributed by atoms with Crippen molar-refractivity contribution in [1.82, 2.24) is 10.6 Å². The quantitative estimate of drug-likeness (QED) is 0.572. The smallest absolute Gasteiger partial charge is 0.191 e. The molecule has 23 heavy (non-hydrogen) atoms. The standard InChI is InChI=1S/C15H23BrN4O2S/c1-17-15(18-8-10-23(2,21)22)19-13-7-9-20(11-13)14-5-3-12(16)4-6-14/h3-6,13H,7-11H2,1-2H3,(H2,17,18,19). The zero-order valence-corrected chi connectivity index (χ0v) is 15.8. The van der Waals surface area contributed by atoms with Gasteiger partial charge < -0.3 is 15.5 Å². The van der Waals surface area contributed by atoms with E-state index in [0.717, 1.165) is 24.0 Å². The molecule has 1 fully saturated rings. The lowest BCUT2D eigenvalue weighted by molar-refractivity contribution is 0.599. The Hall–Kier alpha value is -1.28. The lowest BCUT2D eigenvalue weighted by atomic mass is 10.3. The van der Waals surface area contributed by atoms with Crippen molar-refractivity contribution in [3.05, 3.63) is 28.7 Å². The number of guanidine groups is 1. The van der Waals surface area contributed by atoms with E-state index in [9.17, 15) is 8.42 Å². The van der Waals surface area contributed by atoms with Crippen molar-refractivity contribution < 1.29 is 8.42 Å². The minimum Gasteiger partial charge on any atom is -0.369 e. The van der Waals surface area contributed by atoms with Gasteiger partial charge in [0.05, 0.1) is 5.75 Å². The van der Waals surface area contributed by atoms with Crippen molar-refractivity contribution in [2.24, 2.45) is 4.99 Å². The molecule has 1 unspecified atom stereocenters. The number of sulfone groups is 1. The van der Waals surface area contributed by atoms with Crippen LogP contribution in [0.4, 0.5) is 5.69 Å². The number of benzene rings is 1. The van der Waals surface area contributed by atoms with Crippen LogP contribution < -0.4 is 15.5 Å². The highest BCUT2D eigenvalue weighted by Crippen LogP contribution is 2.22. The van der Waals surface area contributed by atoms with Crippen LogP contribution in [-0.4, -0.2) is 59.1 Å². The Morgan fingerprint density at radius 1 is 1.39 bits per heavy atom. The molecular weight excluding hydrogens is 380 g/mol. The first kappa shape index (κ1) is 18.1. The summed E-state index contributed by atoms with van der Waals surface area (Å²) in [5.74, 6) is 0.750. The number of hydrogen-bond donors (Lipinski definition) is 2. The van der Waals surface area contributed by atoms with Crippen molar-refractivity contribution in [2.75, 3.05) is 43.6 Å². The molecule has 6 nitrogen and oxygen atoms in total. The minimum atomic E-state index is -2.96. The van der Waals surface area contributed by atoms with Gasteiger partial charge in [0.25, 0.3) is 0 Å². The number of nitrogens with one attached hydrogen (secondary N) is 2. The van der Waals surface area contributed by atoms with E-state index in [4.69, 9.17) is 0 Å². The summed E-state index contributed by atoms with van der Waals surface area (Å²) >= 11 is 3.45. The second-order valence-electron chi connectivity index (χ2n) is 5.68. The van der Waals surface area contributed by atoms with Crippen molar-refractivity contribution in [3.8, 4) is 0 Å². The molecule has 2 N–H and O–H groups in total. The van der Waals surface area contributed by atoms with Gasteiger partial charge in [0.2, 0.25) is 0 Å². The molecule has 2 rings (SSSR count). The molecule has 0 amide bonds. The molecule has 0 radical (unpaired) electrons. The largest absolute Gasteiger partial charge is 0.369 e. The minimum absolute atomic E-state index is 0.101. The Bertz CT molecular complexity index is 646. The number of anilines is 1. The molecule has 0 saturated carbocycles. The summed E-state index contributed by atoms with van der Waals surface area (Å²) < 4.78 is 23.4. The Morgan fingerprint density at radius 2 is 2.09 bits per heavy atom. The second kappa shape index (κ2) is 8.01. The third kappa shape index (κ3) is 6.02. The lowest BCUT2D eigenvalue weighted by Gasteiger charge is -2.20. The molecule has 0 aromatic heterocycles. The maximum Gasteiger partial charge on any atom is 0.191 e. The Labute approximate surface area is 146 Å². The molecule has 1 aromatic carbocycles. The molecule has 0 aliphatic carbocycles. The topological polar surface area (TPSA) is 73.8 Å². The van der Waals surface area contributed by atoms with Crippen LogP contribution in [0.5, 0.6) is 0 Å². The first-order valence-electron chi connectivity index (χ1n) is 7.53. The van der Waals surface area contributed by atoms with E-state index < -0.39 is 9.84 Å². The van der Waals surface area contributed by atoms with E-state index in [1.807, 2.05) is 12.1 Å². The van der Waals surface area contributed by atoms with Gasteiger partial charge in [-0.25, -0.2) is 8.42 Å². The van der Waals surface area contributed by atoms with Crippen LogP contribution >= 0.6 is 15.9 Å². The van der Waals surface area contributed by atoms with E-state index in [1.165, 1.54) is 11.9 Å². The normalized spacial score (nSPS) is 19.0.